The molecule has 0 aromatic heterocycles. The van der Waals surface area contributed by atoms with Gasteiger partial charge in [-0.1, -0.05) is 19.1 Å². The zero-order valence-electron chi connectivity index (χ0n) is 7.46. The molecule has 0 spiro atoms. The highest BCUT2D eigenvalue weighted by atomic mass is 16.5. The van der Waals surface area contributed by atoms with E-state index in [0.29, 0.717) is 0 Å². The van der Waals surface area contributed by atoms with E-state index in [1.165, 1.54) is 6.92 Å². The largest absolute Gasteiger partial charge is 0.463 e. The van der Waals surface area contributed by atoms with E-state index in [9.17, 15) is 4.79 Å². The molecule has 1 unspecified atom stereocenters. The minimum atomic E-state index is -0.206. The number of hydrogen-bond donors (Lipinski definition) is 0. The summed E-state index contributed by atoms with van der Waals surface area (Å²) in [6.45, 7) is 5.40. The molecule has 0 saturated heterocycles. The summed E-state index contributed by atoms with van der Waals surface area (Å²) in [7, 11) is 0. The highest BCUT2D eigenvalue weighted by Crippen LogP contribution is 1.99. The van der Waals surface area contributed by atoms with Gasteiger partial charge in [-0.05, 0) is 13.3 Å². The highest BCUT2D eigenvalue weighted by molar-refractivity contribution is 5.66. The normalized spacial score (nSPS) is 13.4. The van der Waals surface area contributed by atoms with Crippen molar-refractivity contribution in [1.82, 2.24) is 0 Å². The van der Waals surface area contributed by atoms with E-state index in [1.54, 1.807) is 0 Å². The van der Waals surface area contributed by atoms with E-state index in [4.69, 9.17) is 4.74 Å². The van der Waals surface area contributed by atoms with Gasteiger partial charge in [-0.25, -0.2) is 0 Å². The molecule has 64 valence electrons. The van der Waals surface area contributed by atoms with Crippen molar-refractivity contribution >= 4 is 5.97 Å². The van der Waals surface area contributed by atoms with Gasteiger partial charge in [0, 0.05) is 13.3 Å². The van der Waals surface area contributed by atoms with Gasteiger partial charge in [0.1, 0.15) is 6.10 Å². The van der Waals surface area contributed by atoms with E-state index in [0.717, 1.165) is 12.8 Å². The van der Waals surface area contributed by atoms with Crippen molar-refractivity contribution in [3.05, 3.63) is 12.2 Å². The number of esters is 1. The maximum absolute atomic E-state index is 10.4. The Kier molecular flexibility index (Phi) is 5.53. The van der Waals surface area contributed by atoms with E-state index in [-0.39, 0.29) is 12.1 Å². The van der Waals surface area contributed by atoms with Crippen LogP contribution in [-0.2, 0) is 9.53 Å². The maximum Gasteiger partial charge on any atom is 0.302 e. The molecule has 0 aliphatic rings. The third-order valence-electron chi connectivity index (χ3n) is 1.24. The second-order valence-electron chi connectivity index (χ2n) is 2.54. The van der Waals surface area contributed by atoms with E-state index >= 15 is 0 Å². The van der Waals surface area contributed by atoms with Crippen LogP contribution in [0.2, 0.25) is 0 Å². The van der Waals surface area contributed by atoms with Crippen LogP contribution in [0.25, 0.3) is 0 Å². The van der Waals surface area contributed by atoms with Gasteiger partial charge in [-0.15, -0.1) is 0 Å². The molecule has 0 aliphatic heterocycles. The van der Waals surface area contributed by atoms with E-state index in [2.05, 4.69) is 13.0 Å². The predicted octanol–water partition coefficient (Wildman–Crippen LogP) is 2.29. The summed E-state index contributed by atoms with van der Waals surface area (Å²) < 4.78 is 4.91. The van der Waals surface area contributed by atoms with Crippen LogP contribution in [0.3, 0.4) is 0 Å². The number of allylic oxidation sites excluding steroid dienone is 1. The van der Waals surface area contributed by atoms with Crippen LogP contribution in [0.1, 0.15) is 33.6 Å². The first-order chi connectivity index (χ1) is 5.16. The smallest absolute Gasteiger partial charge is 0.302 e. The molecule has 0 radical (unpaired) electrons. The molecule has 0 bridgehead atoms. The summed E-state index contributed by atoms with van der Waals surface area (Å²) in [4.78, 5) is 10.4. The highest BCUT2D eigenvalue weighted by Gasteiger charge is 2.00. The Labute approximate surface area is 68.2 Å². The van der Waals surface area contributed by atoms with Gasteiger partial charge in [0.25, 0.3) is 0 Å². The van der Waals surface area contributed by atoms with Gasteiger partial charge in [-0.3, -0.25) is 4.79 Å². The van der Waals surface area contributed by atoms with Crippen molar-refractivity contribution in [3.63, 3.8) is 0 Å². The molecular formula is C9H16O2. The Morgan fingerprint density at radius 3 is 2.64 bits per heavy atom. The van der Waals surface area contributed by atoms with Gasteiger partial charge in [-0.2, -0.15) is 0 Å². The Bertz CT molecular complexity index is 138. The molecule has 0 amide bonds. The Morgan fingerprint density at radius 2 is 2.18 bits per heavy atom. The summed E-state index contributed by atoms with van der Waals surface area (Å²) in [6, 6.07) is 0. The van der Waals surface area contributed by atoms with Crippen molar-refractivity contribution < 1.29 is 9.53 Å². The van der Waals surface area contributed by atoms with Gasteiger partial charge in [0.15, 0.2) is 0 Å². The lowest BCUT2D eigenvalue weighted by atomic mass is 10.2. The van der Waals surface area contributed by atoms with Crippen molar-refractivity contribution in [2.75, 3.05) is 0 Å². The zero-order chi connectivity index (χ0) is 8.69. The van der Waals surface area contributed by atoms with Crippen LogP contribution in [0.15, 0.2) is 12.2 Å². The number of ether oxygens (including phenoxy) is 1. The molecule has 1 atom stereocenters. The fourth-order valence-electron chi connectivity index (χ4n) is 0.786. The third-order valence-corrected chi connectivity index (χ3v) is 1.24. The van der Waals surface area contributed by atoms with Crippen LogP contribution >= 0.6 is 0 Å². The van der Waals surface area contributed by atoms with Crippen LogP contribution in [0.5, 0.6) is 0 Å². The standard InChI is InChI=1S/C9H16O2/c1-4-5-6-7-8(2)11-9(3)10/h5-6,8H,4,7H2,1-3H3/b6-5+. The monoisotopic (exact) mass is 156 g/mol. The number of hydrogen-bond acceptors (Lipinski definition) is 2. The number of rotatable bonds is 4. The predicted molar refractivity (Wildman–Crippen MR) is 45.3 cm³/mol. The molecule has 0 aromatic carbocycles. The minimum absolute atomic E-state index is 0.00954. The van der Waals surface area contributed by atoms with Crippen molar-refractivity contribution in [1.29, 1.82) is 0 Å². The molecule has 0 saturated carbocycles. The first-order valence-corrected chi connectivity index (χ1v) is 3.99. The maximum atomic E-state index is 10.4. The van der Waals surface area contributed by atoms with Gasteiger partial charge >= 0.3 is 5.97 Å². The molecule has 2 nitrogen and oxygen atoms in total. The fraction of sp³-hybridized carbons (Fsp3) is 0.667. The Balaban J connectivity index is 3.44. The molecule has 0 fully saturated rings. The van der Waals surface area contributed by atoms with Crippen LogP contribution < -0.4 is 0 Å². The third kappa shape index (κ3) is 7.10. The minimum Gasteiger partial charge on any atom is -0.463 e. The van der Waals surface area contributed by atoms with Crippen molar-refractivity contribution in [3.8, 4) is 0 Å². The Hall–Kier alpha value is -0.790. The SMILES string of the molecule is CC/C=C/CC(C)OC(C)=O. The average molecular weight is 156 g/mol. The van der Waals surface area contributed by atoms with Gasteiger partial charge in [0.05, 0.1) is 0 Å². The fourth-order valence-corrected chi connectivity index (χ4v) is 0.786. The summed E-state index contributed by atoms with van der Waals surface area (Å²) >= 11 is 0. The first-order valence-electron chi connectivity index (χ1n) is 3.99. The average Bonchev–Trinajstić information content (AvgIpc) is 1.86. The molecule has 0 rings (SSSR count). The zero-order valence-corrected chi connectivity index (χ0v) is 7.46. The second kappa shape index (κ2) is 5.96. The molecule has 11 heavy (non-hydrogen) atoms. The second-order valence-corrected chi connectivity index (χ2v) is 2.54. The summed E-state index contributed by atoms with van der Waals surface area (Å²) in [6.07, 6.45) is 5.96. The molecule has 0 aliphatic carbocycles. The topological polar surface area (TPSA) is 26.3 Å². The molecule has 0 N–H and O–H groups in total. The van der Waals surface area contributed by atoms with Gasteiger partial charge < -0.3 is 4.74 Å². The van der Waals surface area contributed by atoms with Crippen LogP contribution in [0, 0.1) is 0 Å². The number of carbonyl (C=O) groups excluding carboxylic acids is 1. The van der Waals surface area contributed by atoms with Crippen LogP contribution in [-0.4, -0.2) is 12.1 Å². The number of carbonyl (C=O) groups is 1. The van der Waals surface area contributed by atoms with Crippen molar-refractivity contribution in [2.45, 2.75) is 39.7 Å². The van der Waals surface area contributed by atoms with E-state index < -0.39 is 0 Å². The van der Waals surface area contributed by atoms with Crippen molar-refractivity contribution in [2.24, 2.45) is 0 Å². The van der Waals surface area contributed by atoms with E-state index in [1.807, 2.05) is 13.0 Å². The molecule has 2 heteroatoms. The molecule has 0 aromatic rings. The summed E-state index contributed by atoms with van der Waals surface area (Å²) in [5, 5.41) is 0. The van der Waals surface area contributed by atoms with Crippen LogP contribution in [0.4, 0.5) is 0 Å². The molecule has 0 heterocycles. The summed E-state index contributed by atoms with van der Waals surface area (Å²) in [5.41, 5.74) is 0. The first kappa shape index (κ1) is 10.2. The lowest BCUT2D eigenvalue weighted by Crippen LogP contribution is -2.10. The Morgan fingerprint density at radius 1 is 1.55 bits per heavy atom. The lowest BCUT2D eigenvalue weighted by molar-refractivity contribution is -0.145. The molecular weight excluding hydrogens is 140 g/mol. The quantitative estimate of drug-likeness (QED) is 0.461. The summed E-state index contributed by atoms with van der Waals surface area (Å²) in [5.74, 6) is -0.206. The van der Waals surface area contributed by atoms with Gasteiger partial charge in [0.2, 0.25) is 0 Å². The lowest BCUT2D eigenvalue weighted by Gasteiger charge is -2.07.